The third kappa shape index (κ3) is 4.33. The normalized spacial score (nSPS) is 11.4. The van der Waals surface area contributed by atoms with E-state index in [2.05, 4.69) is 17.2 Å². The molecule has 1 aromatic carbocycles. The topological polar surface area (TPSA) is 55.1 Å². The Bertz CT molecular complexity index is 682. The summed E-state index contributed by atoms with van der Waals surface area (Å²) in [6.45, 7) is 2.25. The second kappa shape index (κ2) is 7.28. The molecule has 2 rings (SSSR count). The van der Waals surface area contributed by atoms with Gasteiger partial charge in [-0.3, -0.25) is 4.79 Å². The molecule has 0 radical (unpaired) electrons. The van der Waals surface area contributed by atoms with E-state index < -0.39 is 0 Å². The molecule has 0 bridgehead atoms. The van der Waals surface area contributed by atoms with Crippen LogP contribution in [-0.4, -0.2) is 12.5 Å². The summed E-state index contributed by atoms with van der Waals surface area (Å²) in [5.74, 6) is 5.58. The molecule has 0 saturated heterocycles. The molecule has 0 fully saturated rings. The van der Waals surface area contributed by atoms with Crippen molar-refractivity contribution in [2.24, 2.45) is 5.73 Å². The van der Waals surface area contributed by atoms with Crippen LogP contribution in [0, 0.1) is 11.8 Å². The van der Waals surface area contributed by atoms with Crippen molar-refractivity contribution in [1.82, 2.24) is 5.32 Å². The maximum absolute atomic E-state index is 12.2. The number of hydrogen-bond donors (Lipinski definition) is 2. The molecule has 2 aromatic rings. The van der Waals surface area contributed by atoms with Gasteiger partial charge in [0.1, 0.15) is 0 Å². The van der Waals surface area contributed by atoms with Gasteiger partial charge in [-0.15, -0.1) is 11.3 Å². The lowest BCUT2D eigenvalue weighted by Crippen LogP contribution is -2.25. The number of carbonyl (C=O) groups is 1. The predicted octanol–water partition coefficient (Wildman–Crippen LogP) is 3.20. The zero-order chi connectivity index (χ0) is 15.2. The van der Waals surface area contributed by atoms with E-state index in [0.717, 1.165) is 10.4 Å². The van der Waals surface area contributed by atoms with Gasteiger partial charge >= 0.3 is 0 Å². The van der Waals surface area contributed by atoms with Crippen molar-refractivity contribution in [3.8, 4) is 11.8 Å². The van der Waals surface area contributed by atoms with Crippen LogP contribution < -0.4 is 11.1 Å². The van der Waals surface area contributed by atoms with Gasteiger partial charge in [0.05, 0.1) is 22.3 Å². The predicted molar refractivity (Wildman–Crippen MR) is 87.6 cm³/mol. The molecule has 0 spiro atoms. The molecule has 3 N–H and O–H groups in total. The zero-order valence-electron chi connectivity index (χ0n) is 11.5. The monoisotopic (exact) mass is 318 g/mol. The first-order chi connectivity index (χ1) is 10.1. The average Bonchev–Trinajstić information content (AvgIpc) is 2.94. The van der Waals surface area contributed by atoms with Crippen LogP contribution in [0.4, 0.5) is 0 Å². The first-order valence-electron chi connectivity index (χ1n) is 6.45. The fourth-order valence-electron chi connectivity index (χ4n) is 1.77. The number of rotatable bonds is 3. The van der Waals surface area contributed by atoms with Crippen LogP contribution in [0.1, 0.15) is 33.1 Å². The maximum atomic E-state index is 12.2. The summed E-state index contributed by atoms with van der Waals surface area (Å²) in [6.07, 6.45) is 0. The van der Waals surface area contributed by atoms with Gasteiger partial charge in [0, 0.05) is 5.02 Å². The van der Waals surface area contributed by atoms with E-state index in [4.69, 9.17) is 17.3 Å². The summed E-state index contributed by atoms with van der Waals surface area (Å²) >= 11 is 7.21. The Hall–Kier alpha value is -1.80. The van der Waals surface area contributed by atoms with Gasteiger partial charge in [-0.25, -0.2) is 0 Å². The summed E-state index contributed by atoms with van der Waals surface area (Å²) < 4.78 is 0. The minimum Gasteiger partial charge on any atom is -0.345 e. The number of halogens is 1. The van der Waals surface area contributed by atoms with Crippen LogP contribution in [0.15, 0.2) is 36.4 Å². The Balaban J connectivity index is 2.03. The van der Waals surface area contributed by atoms with Gasteiger partial charge in [0.25, 0.3) is 5.91 Å². The fourth-order valence-corrected chi connectivity index (χ4v) is 2.68. The number of amides is 1. The van der Waals surface area contributed by atoms with E-state index in [9.17, 15) is 4.79 Å². The molecule has 108 valence electrons. The lowest BCUT2D eigenvalue weighted by Gasteiger charge is -2.13. The minimum absolute atomic E-state index is 0.0876. The molecule has 1 amide bonds. The molecular weight excluding hydrogens is 304 g/mol. The molecule has 3 nitrogen and oxygen atoms in total. The number of carbonyl (C=O) groups excluding carboxylic acids is 1. The highest BCUT2D eigenvalue weighted by Gasteiger charge is 2.13. The summed E-state index contributed by atoms with van der Waals surface area (Å²) in [5.41, 5.74) is 6.33. The minimum atomic E-state index is -0.108. The van der Waals surface area contributed by atoms with Crippen molar-refractivity contribution in [3.05, 3.63) is 56.7 Å². The van der Waals surface area contributed by atoms with E-state index >= 15 is 0 Å². The van der Waals surface area contributed by atoms with E-state index in [1.807, 2.05) is 37.3 Å². The van der Waals surface area contributed by atoms with Crippen molar-refractivity contribution in [1.29, 1.82) is 0 Å². The first kappa shape index (κ1) is 15.6. The SMILES string of the molecule is CC(NC(=O)c1ccc(C#CCN)s1)c1ccc(Cl)cc1. The van der Waals surface area contributed by atoms with Crippen LogP contribution in [0.3, 0.4) is 0 Å². The summed E-state index contributed by atoms with van der Waals surface area (Å²) in [6, 6.07) is 10.9. The molecule has 1 unspecified atom stereocenters. The Morgan fingerprint density at radius 2 is 2.05 bits per heavy atom. The molecule has 1 aromatic heterocycles. The highest BCUT2D eigenvalue weighted by atomic mass is 35.5. The number of nitrogens with two attached hydrogens (primary N) is 1. The van der Waals surface area contributed by atoms with Gasteiger partial charge in [-0.05, 0) is 36.8 Å². The number of benzene rings is 1. The molecule has 5 heteroatoms. The molecular formula is C16H15ClN2OS. The molecule has 0 aliphatic rings. The van der Waals surface area contributed by atoms with Crippen molar-refractivity contribution in [2.75, 3.05) is 6.54 Å². The summed E-state index contributed by atoms with van der Waals surface area (Å²) in [5, 5.41) is 3.64. The van der Waals surface area contributed by atoms with Crippen LogP contribution in [0.5, 0.6) is 0 Å². The third-order valence-electron chi connectivity index (χ3n) is 2.86. The Kier molecular flexibility index (Phi) is 5.40. The second-order valence-corrected chi connectivity index (χ2v) is 5.94. The van der Waals surface area contributed by atoms with Crippen molar-refractivity contribution in [2.45, 2.75) is 13.0 Å². The lowest BCUT2D eigenvalue weighted by molar-refractivity contribution is 0.0944. The highest BCUT2D eigenvalue weighted by Crippen LogP contribution is 2.19. The van der Waals surface area contributed by atoms with Crippen LogP contribution in [-0.2, 0) is 0 Å². The smallest absolute Gasteiger partial charge is 0.261 e. The Labute approximate surface area is 133 Å². The van der Waals surface area contributed by atoms with Crippen LogP contribution >= 0.6 is 22.9 Å². The molecule has 0 saturated carbocycles. The molecule has 0 aliphatic heterocycles. The Morgan fingerprint density at radius 1 is 1.33 bits per heavy atom. The number of nitrogens with one attached hydrogen (secondary N) is 1. The quantitative estimate of drug-likeness (QED) is 0.854. The van der Waals surface area contributed by atoms with E-state index in [1.54, 1.807) is 6.07 Å². The Morgan fingerprint density at radius 3 is 2.71 bits per heavy atom. The standard InChI is InChI=1S/C16H15ClN2OS/c1-11(12-4-6-13(17)7-5-12)19-16(20)15-9-8-14(21-15)3-2-10-18/h4-9,11H,10,18H2,1H3,(H,19,20). The molecule has 1 atom stereocenters. The number of thiophene rings is 1. The van der Waals surface area contributed by atoms with Crippen LogP contribution in [0.2, 0.25) is 5.02 Å². The van der Waals surface area contributed by atoms with Crippen molar-refractivity contribution in [3.63, 3.8) is 0 Å². The molecule has 21 heavy (non-hydrogen) atoms. The van der Waals surface area contributed by atoms with Gasteiger partial charge in [0.15, 0.2) is 0 Å². The van der Waals surface area contributed by atoms with E-state index in [0.29, 0.717) is 16.4 Å². The second-order valence-electron chi connectivity index (χ2n) is 4.42. The zero-order valence-corrected chi connectivity index (χ0v) is 13.1. The highest BCUT2D eigenvalue weighted by molar-refractivity contribution is 7.14. The fraction of sp³-hybridized carbons (Fsp3) is 0.188. The van der Waals surface area contributed by atoms with E-state index in [-0.39, 0.29) is 11.9 Å². The molecule has 1 heterocycles. The van der Waals surface area contributed by atoms with Gasteiger partial charge in [-0.1, -0.05) is 35.6 Å². The van der Waals surface area contributed by atoms with Gasteiger partial charge in [0.2, 0.25) is 0 Å². The van der Waals surface area contributed by atoms with Crippen LogP contribution in [0.25, 0.3) is 0 Å². The first-order valence-corrected chi connectivity index (χ1v) is 7.64. The van der Waals surface area contributed by atoms with Crippen molar-refractivity contribution >= 4 is 28.8 Å². The maximum Gasteiger partial charge on any atom is 0.261 e. The van der Waals surface area contributed by atoms with Gasteiger partial charge < -0.3 is 11.1 Å². The molecule has 0 aliphatic carbocycles. The average molecular weight is 319 g/mol. The van der Waals surface area contributed by atoms with Crippen molar-refractivity contribution < 1.29 is 4.79 Å². The summed E-state index contributed by atoms with van der Waals surface area (Å²) in [7, 11) is 0. The third-order valence-corrected chi connectivity index (χ3v) is 4.11. The van der Waals surface area contributed by atoms with E-state index in [1.165, 1.54) is 11.3 Å². The number of hydrogen-bond acceptors (Lipinski definition) is 3. The summed E-state index contributed by atoms with van der Waals surface area (Å²) in [4.78, 5) is 13.7. The largest absolute Gasteiger partial charge is 0.345 e. The lowest BCUT2D eigenvalue weighted by atomic mass is 10.1. The van der Waals surface area contributed by atoms with Gasteiger partial charge in [-0.2, -0.15) is 0 Å².